The van der Waals surface area contributed by atoms with Gasteiger partial charge < -0.3 is 4.74 Å². The van der Waals surface area contributed by atoms with Gasteiger partial charge in [-0.1, -0.05) is 12.1 Å². The molecule has 2 aromatic rings. The van der Waals surface area contributed by atoms with E-state index < -0.39 is 0 Å². The Hall–Kier alpha value is -0.0100. The smallest absolute Gasteiger partial charge is 0.118 e. The summed E-state index contributed by atoms with van der Waals surface area (Å²) < 4.78 is 7.73. The number of hydrogen-bond acceptors (Lipinski definition) is 1. The highest BCUT2D eigenvalue weighted by atomic mass is 127. The number of alkyl halides is 1. The molecule has 19 heavy (non-hydrogen) atoms. The molecule has 2 aromatic carbocycles. The van der Waals surface area contributed by atoms with Gasteiger partial charge in [0.1, 0.15) is 5.75 Å². The molecule has 100 valence electrons. The first kappa shape index (κ1) is 15.4. The van der Waals surface area contributed by atoms with Gasteiger partial charge in [0.15, 0.2) is 0 Å². The quantitative estimate of drug-likeness (QED) is 0.414. The largest absolute Gasteiger partial charge is 0.497 e. The molecule has 0 bridgehead atoms. The minimum atomic E-state index is 0.564. The number of rotatable bonds is 4. The first-order chi connectivity index (χ1) is 9.13. The van der Waals surface area contributed by atoms with Crippen molar-refractivity contribution in [3.63, 3.8) is 0 Å². The third-order valence-corrected chi connectivity index (χ3v) is 5.13. The van der Waals surface area contributed by atoms with Crippen LogP contribution >= 0.6 is 56.8 Å². The van der Waals surface area contributed by atoms with E-state index in [1.165, 1.54) is 23.8 Å². The van der Waals surface area contributed by atoms with Crippen molar-refractivity contribution in [3.8, 4) is 5.75 Å². The molecule has 2 rings (SSSR count). The van der Waals surface area contributed by atoms with Gasteiger partial charge in [0.25, 0.3) is 0 Å². The molecule has 0 aliphatic rings. The van der Waals surface area contributed by atoms with Crippen LogP contribution in [0.4, 0.5) is 0 Å². The van der Waals surface area contributed by atoms with Crippen LogP contribution in [0, 0.1) is 7.14 Å². The summed E-state index contributed by atoms with van der Waals surface area (Å²) in [5, 5.41) is 0. The van der Waals surface area contributed by atoms with E-state index in [2.05, 4.69) is 69.4 Å². The zero-order chi connectivity index (χ0) is 13.8. The molecule has 4 heteroatoms. The van der Waals surface area contributed by atoms with Gasteiger partial charge in [0.2, 0.25) is 0 Å². The molecule has 0 spiro atoms. The topological polar surface area (TPSA) is 9.23 Å². The molecule has 0 amide bonds. The van der Waals surface area contributed by atoms with Crippen molar-refractivity contribution in [2.24, 2.45) is 0 Å². The molecule has 0 N–H and O–H groups in total. The van der Waals surface area contributed by atoms with Crippen LogP contribution in [0.5, 0.6) is 5.75 Å². The molecule has 0 unspecified atom stereocenters. The Morgan fingerprint density at radius 1 is 1.00 bits per heavy atom. The van der Waals surface area contributed by atoms with Crippen LogP contribution in [0.15, 0.2) is 36.4 Å². The Balaban J connectivity index is 2.27. The fourth-order valence-corrected chi connectivity index (χ4v) is 4.28. The Morgan fingerprint density at radius 3 is 2.05 bits per heavy atom. The van der Waals surface area contributed by atoms with Crippen LogP contribution in [0.2, 0.25) is 0 Å². The molecule has 0 aliphatic heterocycles. The Bertz CT molecular complexity index is 544. The lowest BCUT2D eigenvalue weighted by molar-refractivity contribution is 0.414. The molecular weight excluding hydrogens is 485 g/mol. The summed E-state index contributed by atoms with van der Waals surface area (Å²) >= 11 is 10.7. The summed E-state index contributed by atoms with van der Waals surface area (Å²) in [5.74, 6) is 1.46. The number of hydrogen-bond donors (Lipinski definition) is 0. The van der Waals surface area contributed by atoms with E-state index in [1.807, 2.05) is 12.1 Å². The Labute approximate surface area is 146 Å². The molecule has 0 radical (unpaired) electrons. The average Bonchev–Trinajstić information content (AvgIpc) is 2.43. The third kappa shape index (κ3) is 3.98. The van der Waals surface area contributed by atoms with Crippen molar-refractivity contribution in [1.82, 2.24) is 0 Å². The maximum atomic E-state index is 5.90. The number of benzene rings is 2. The monoisotopic (exact) mass is 498 g/mol. The molecule has 0 aromatic heterocycles. The summed E-state index contributed by atoms with van der Waals surface area (Å²) in [7, 11) is 1.69. The Kier molecular flexibility index (Phi) is 5.77. The van der Waals surface area contributed by atoms with E-state index in [-0.39, 0.29) is 0 Å². The average molecular weight is 499 g/mol. The lowest BCUT2D eigenvalue weighted by atomic mass is 10.0. The van der Waals surface area contributed by atoms with E-state index in [4.69, 9.17) is 16.3 Å². The van der Waals surface area contributed by atoms with Crippen LogP contribution in [-0.4, -0.2) is 7.11 Å². The minimum Gasteiger partial charge on any atom is -0.497 e. The summed E-state index contributed by atoms with van der Waals surface area (Å²) in [6.45, 7) is 0. The van der Waals surface area contributed by atoms with Gasteiger partial charge in [-0.05, 0) is 92.6 Å². The summed E-state index contributed by atoms with van der Waals surface area (Å²) in [6.07, 6.45) is 0.934. The van der Waals surface area contributed by atoms with Crippen molar-refractivity contribution in [3.05, 3.63) is 60.2 Å². The Morgan fingerprint density at radius 2 is 1.58 bits per heavy atom. The second-order valence-corrected chi connectivity index (χ2v) is 6.79. The number of halogens is 3. The highest BCUT2D eigenvalue weighted by Crippen LogP contribution is 2.25. The van der Waals surface area contributed by atoms with Crippen molar-refractivity contribution in [2.75, 3.05) is 7.11 Å². The van der Waals surface area contributed by atoms with Gasteiger partial charge in [-0.2, -0.15) is 0 Å². The van der Waals surface area contributed by atoms with Crippen LogP contribution in [0.3, 0.4) is 0 Å². The van der Waals surface area contributed by atoms with E-state index >= 15 is 0 Å². The predicted molar refractivity (Wildman–Crippen MR) is 97.2 cm³/mol. The first-order valence-corrected chi connectivity index (χ1v) is 8.49. The molecule has 0 saturated heterocycles. The van der Waals surface area contributed by atoms with Crippen molar-refractivity contribution in [1.29, 1.82) is 0 Å². The number of methoxy groups -OCH3 is 1. The molecule has 0 heterocycles. The van der Waals surface area contributed by atoms with Gasteiger partial charge in [0.05, 0.1) is 7.11 Å². The van der Waals surface area contributed by atoms with Gasteiger partial charge in [0, 0.05) is 13.0 Å². The zero-order valence-electron chi connectivity index (χ0n) is 10.4. The van der Waals surface area contributed by atoms with Gasteiger partial charge in [-0.25, -0.2) is 0 Å². The fourth-order valence-electron chi connectivity index (χ4n) is 1.85. The SMILES string of the molecule is COc1ccc(Cc2c(I)cc(CCl)cc2I)cc1. The summed E-state index contributed by atoms with van der Waals surface area (Å²) in [4.78, 5) is 0. The summed E-state index contributed by atoms with van der Waals surface area (Å²) in [5.41, 5.74) is 3.82. The standard InChI is InChI=1S/C15H13ClI2O/c1-19-12-4-2-10(3-5-12)6-13-14(17)7-11(9-16)8-15(13)18/h2-5,7-8H,6,9H2,1H3. The summed E-state index contributed by atoms with van der Waals surface area (Å²) in [6, 6.07) is 12.6. The van der Waals surface area contributed by atoms with E-state index in [0.29, 0.717) is 5.88 Å². The van der Waals surface area contributed by atoms with Crippen molar-refractivity contribution in [2.45, 2.75) is 12.3 Å². The van der Waals surface area contributed by atoms with E-state index in [1.54, 1.807) is 7.11 Å². The van der Waals surface area contributed by atoms with Crippen LogP contribution in [0.25, 0.3) is 0 Å². The van der Waals surface area contributed by atoms with E-state index in [9.17, 15) is 0 Å². The van der Waals surface area contributed by atoms with Gasteiger partial charge in [-0.15, -0.1) is 11.6 Å². The molecule has 0 saturated carbocycles. The third-order valence-electron chi connectivity index (χ3n) is 2.90. The molecule has 0 aliphatic carbocycles. The minimum absolute atomic E-state index is 0.564. The second kappa shape index (κ2) is 7.13. The highest BCUT2D eigenvalue weighted by molar-refractivity contribution is 14.1. The predicted octanol–water partition coefficient (Wildman–Crippen LogP) is 5.23. The highest BCUT2D eigenvalue weighted by Gasteiger charge is 2.08. The van der Waals surface area contributed by atoms with Crippen molar-refractivity contribution >= 4 is 56.8 Å². The first-order valence-electron chi connectivity index (χ1n) is 5.79. The molecule has 1 nitrogen and oxygen atoms in total. The normalized spacial score (nSPS) is 10.5. The fraction of sp³-hybridized carbons (Fsp3) is 0.200. The maximum absolute atomic E-state index is 5.90. The maximum Gasteiger partial charge on any atom is 0.118 e. The van der Waals surface area contributed by atoms with Crippen molar-refractivity contribution < 1.29 is 4.74 Å². The van der Waals surface area contributed by atoms with Crippen LogP contribution < -0.4 is 4.74 Å². The van der Waals surface area contributed by atoms with Gasteiger partial charge in [-0.3, -0.25) is 0 Å². The lowest BCUT2D eigenvalue weighted by Gasteiger charge is -2.10. The number of ether oxygens (including phenoxy) is 1. The molecular formula is C15H13ClI2O. The van der Waals surface area contributed by atoms with Crippen LogP contribution in [-0.2, 0) is 12.3 Å². The lowest BCUT2D eigenvalue weighted by Crippen LogP contribution is -1.97. The second-order valence-electron chi connectivity index (χ2n) is 4.20. The zero-order valence-corrected chi connectivity index (χ0v) is 15.5. The van der Waals surface area contributed by atoms with E-state index in [0.717, 1.165) is 12.2 Å². The van der Waals surface area contributed by atoms with Gasteiger partial charge >= 0.3 is 0 Å². The molecule has 0 atom stereocenters. The molecule has 0 fully saturated rings. The van der Waals surface area contributed by atoms with Crippen LogP contribution in [0.1, 0.15) is 16.7 Å².